The molecule has 0 saturated heterocycles. The minimum atomic E-state index is -3.47. The predicted molar refractivity (Wildman–Crippen MR) is 121 cm³/mol. The third kappa shape index (κ3) is 5.48. The Labute approximate surface area is 183 Å². The molecule has 0 radical (unpaired) electrons. The van der Waals surface area contributed by atoms with Crippen LogP contribution in [-0.4, -0.2) is 35.1 Å². The van der Waals surface area contributed by atoms with E-state index in [1.807, 2.05) is 32.9 Å². The molecule has 2 heterocycles. The number of sulfonamides is 1. The van der Waals surface area contributed by atoms with Crippen molar-refractivity contribution in [2.45, 2.75) is 59.0 Å². The van der Waals surface area contributed by atoms with Crippen LogP contribution >= 0.6 is 0 Å². The van der Waals surface area contributed by atoms with Gasteiger partial charge in [0.15, 0.2) is 5.65 Å². The average molecular weight is 444 g/mol. The molecule has 0 saturated carbocycles. The molecule has 8 nitrogen and oxygen atoms in total. The van der Waals surface area contributed by atoms with E-state index in [1.165, 1.54) is 0 Å². The Morgan fingerprint density at radius 3 is 2.45 bits per heavy atom. The Morgan fingerprint density at radius 2 is 1.81 bits per heavy atom. The van der Waals surface area contributed by atoms with Crippen molar-refractivity contribution in [3.05, 3.63) is 58.9 Å². The maximum absolute atomic E-state index is 13.0. The van der Waals surface area contributed by atoms with Gasteiger partial charge in [-0.15, -0.1) is 0 Å². The van der Waals surface area contributed by atoms with Gasteiger partial charge in [-0.1, -0.05) is 24.3 Å². The molecule has 2 N–H and O–H groups in total. The molecular weight excluding hydrogens is 414 g/mol. The van der Waals surface area contributed by atoms with Crippen molar-refractivity contribution in [1.29, 1.82) is 0 Å². The molecule has 0 unspecified atom stereocenters. The van der Waals surface area contributed by atoms with Crippen LogP contribution in [0.4, 0.5) is 0 Å². The van der Waals surface area contributed by atoms with Gasteiger partial charge in [-0.3, -0.25) is 4.79 Å². The normalized spacial score (nSPS) is 12.1. The number of nitrogens with one attached hydrogen (secondary N) is 2. The van der Waals surface area contributed by atoms with E-state index in [0.717, 1.165) is 11.3 Å². The van der Waals surface area contributed by atoms with Gasteiger partial charge in [0.05, 0.1) is 22.9 Å². The topological polar surface area (TPSA) is 106 Å². The van der Waals surface area contributed by atoms with E-state index in [9.17, 15) is 13.2 Å². The van der Waals surface area contributed by atoms with Gasteiger partial charge >= 0.3 is 0 Å². The molecule has 0 aliphatic carbocycles. The largest absolute Gasteiger partial charge is 0.348 e. The number of amides is 1. The number of aryl methyl sites for hydroxylation is 1. The number of fused-ring (bicyclic) bond motifs is 1. The lowest BCUT2D eigenvalue weighted by Crippen LogP contribution is -2.32. The Balaban J connectivity index is 1.83. The predicted octanol–water partition coefficient (Wildman–Crippen LogP) is 3.08. The first-order valence-corrected chi connectivity index (χ1v) is 11.9. The lowest BCUT2D eigenvalue weighted by atomic mass is 10.1. The van der Waals surface area contributed by atoms with Crippen molar-refractivity contribution >= 4 is 27.0 Å². The third-order valence-electron chi connectivity index (χ3n) is 4.75. The Morgan fingerprint density at radius 1 is 1.13 bits per heavy atom. The summed E-state index contributed by atoms with van der Waals surface area (Å²) in [5, 5.41) is 7.99. The second kappa shape index (κ2) is 9.15. The molecule has 0 aliphatic rings. The molecule has 2 aromatic heterocycles. The van der Waals surface area contributed by atoms with E-state index in [4.69, 9.17) is 0 Å². The second-order valence-corrected chi connectivity index (χ2v) is 9.97. The zero-order chi connectivity index (χ0) is 22.8. The van der Waals surface area contributed by atoms with E-state index >= 15 is 0 Å². The van der Waals surface area contributed by atoms with Gasteiger partial charge in [-0.05, 0) is 51.8 Å². The first-order valence-electron chi connectivity index (χ1n) is 10.3. The fraction of sp³-hybridized carbons (Fsp3) is 0.409. The summed E-state index contributed by atoms with van der Waals surface area (Å²) >= 11 is 0. The van der Waals surface area contributed by atoms with Crippen LogP contribution < -0.4 is 10.0 Å². The van der Waals surface area contributed by atoms with Gasteiger partial charge in [0, 0.05) is 24.3 Å². The highest BCUT2D eigenvalue weighted by atomic mass is 32.2. The fourth-order valence-corrected chi connectivity index (χ4v) is 4.95. The lowest BCUT2D eigenvalue weighted by Gasteiger charge is -2.14. The van der Waals surface area contributed by atoms with E-state index in [0.29, 0.717) is 22.2 Å². The lowest BCUT2D eigenvalue weighted by molar-refractivity contribution is 0.0952. The first-order chi connectivity index (χ1) is 14.6. The van der Waals surface area contributed by atoms with E-state index in [1.54, 1.807) is 42.9 Å². The molecule has 0 spiro atoms. The quantitative estimate of drug-likeness (QED) is 0.557. The monoisotopic (exact) mass is 443 g/mol. The van der Waals surface area contributed by atoms with Crippen LogP contribution in [0.25, 0.3) is 11.0 Å². The van der Waals surface area contributed by atoms with Crippen molar-refractivity contribution in [3.8, 4) is 0 Å². The number of benzene rings is 1. The van der Waals surface area contributed by atoms with Crippen molar-refractivity contribution in [2.24, 2.45) is 0 Å². The van der Waals surface area contributed by atoms with E-state index in [-0.39, 0.29) is 30.3 Å². The Kier molecular flexibility index (Phi) is 6.76. The molecule has 0 aliphatic heterocycles. The summed E-state index contributed by atoms with van der Waals surface area (Å²) in [6.07, 6.45) is 1.66. The van der Waals surface area contributed by atoms with Crippen molar-refractivity contribution in [3.63, 3.8) is 0 Å². The van der Waals surface area contributed by atoms with Crippen LogP contribution in [-0.2, 0) is 22.3 Å². The Bertz CT molecular complexity index is 1200. The van der Waals surface area contributed by atoms with Crippen molar-refractivity contribution < 1.29 is 13.2 Å². The highest BCUT2D eigenvalue weighted by molar-refractivity contribution is 7.88. The van der Waals surface area contributed by atoms with Crippen LogP contribution in [0.5, 0.6) is 0 Å². The number of hydrogen-bond acceptors (Lipinski definition) is 5. The van der Waals surface area contributed by atoms with E-state index < -0.39 is 10.0 Å². The van der Waals surface area contributed by atoms with E-state index in [2.05, 4.69) is 20.1 Å². The summed E-state index contributed by atoms with van der Waals surface area (Å²) in [5.41, 5.74) is 3.31. The van der Waals surface area contributed by atoms with Gasteiger partial charge < -0.3 is 5.32 Å². The SMILES string of the molecule is Cc1cc(C(=O)NCc2ccccc2CS(=O)(=O)NC(C)C)c2cnn(C(C)C)c2n1. The van der Waals surface area contributed by atoms with Crippen LogP contribution in [0.15, 0.2) is 36.5 Å². The average Bonchev–Trinajstić information content (AvgIpc) is 3.09. The Hall–Kier alpha value is -2.78. The molecule has 0 bridgehead atoms. The van der Waals surface area contributed by atoms with Crippen molar-refractivity contribution in [2.75, 3.05) is 0 Å². The summed E-state index contributed by atoms with van der Waals surface area (Å²) in [6.45, 7) is 9.64. The van der Waals surface area contributed by atoms with Gasteiger partial charge in [-0.25, -0.2) is 22.8 Å². The molecule has 1 amide bonds. The summed E-state index contributed by atoms with van der Waals surface area (Å²) in [7, 11) is -3.47. The summed E-state index contributed by atoms with van der Waals surface area (Å²) < 4.78 is 29.1. The summed E-state index contributed by atoms with van der Waals surface area (Å²) in [5.74, 6) is -0.395. The smallest absolute Gasteiger partial charge is 0.252 e. The number of carbonyl (C=O) groups excluding carboxylic acids is 1. The van der Waals surface area contributed by atoms with Crippen LogP contribution in [0.3, 0.4) is 0 Å². The van der Waals surface area contributed by atoms with Crippen molar-refractivity contribution in [1.82, 2.24) is 24.8 Å². The maximum atomic E-state index is 13.0. The molecular formula is C22H29N5O3S. The molecule has 3 rings (SSSR count). The minimum Gasteiger partial charge on any atom is -0.348 e. The molecule has 31 heavy (non-hydrogen) atoms. The summed E-state index contributed by atoms with van der Waals surface area (Å²) in [4.78, 5) is 17.5. The minimum absolute atomic E-state index is 0.121. The molecule has 0 atom stereocenters. The zero-order valence-electron chi connectivity index (χ0n) is 18.5. The fourth-order valence-electron chi connectivity index (χ4n) is 3.46. The zero-order valence-corrected chi connectivity index (χ0v) is 19.3. The number of carbonyl (C=O) groups is 1. The van der Waals surface area contributed by atoms with Gasteiger partial charge in [-0.2, -0.15) is 5.10 Å². The number of pyridine rings is 1. The molecule has 3 aromatic rings. The summed E-state index contributed by atoms with van der Waals surface area (Å²) in [6, 6.07) is 8.90. The third-order valence-corrected chi connectivity index (χ3v) is 6.27. The molecule has 166 valence electrons. The van der Waals surface area contributed by atoms with Gasteiger partial charge in [0.1, 0.15) is 0 Å². The van der Waals surface area contributed by atoms with Crippen LogP contribution in [0.1, 0.15) is 60.9 Å². The number of hydrogen-bond donors (Lipinski definition) is 2. The number of aromatic nitrogens is 3. The van der Waals surface area contributed by atoms with Crippen LogP contribution in [0.2, 0.25) is 0 Å². The second-order valence-electron chi connectivity index (χ2n) is 8.21. The van der Waals surface area contributed by atoms with Crippen LogP contribution in [0, 0.1) is 6.92 Å². The molecule has 1 aromatic carbocycles. The standard InChI is InChI=1S/C22H29N5O3S/c1-14(2)26-31(29,30)13-18-9-7-6-8-17(18)11-23-22(28)19-10-16(5)25-21-20(19)12-24-27(21)15(3)4/h6-10,12,14-15,26H,11,13H2,1-5H3,(H,23,28). The molecule has 0 fully saturated rings. The molecule has 9 heteroatoms. The van der Waals surface area contributed by atoms with Gasteiger partial charge in [0.2, 0.25) is 10.0 Å². The first kappa shape index (κ1) is 22.9. The van der Waals surface area contributed by atoms with Gasteiger partial charge in [0.25, 0.3) is 5.91 Å². The number of rotatable bonds is 8. The highest BCUT2D eigenvalue weighted by Crippen LogP contribution is 2.21. The highest BCUT2D eigenvalue weighted by Gasteiger charge is 2.18. The maximum Gasteiger partial charge on any atom is 0.252 e. The number of nitrogens with zero attached hydrogens (tertiary/aromatic N) is 3.